The van der Waals surface area contributed by atoms with Crippen LogP contribution in [0.5, 0.6) is 0 Å². The van der Waals surface area contributed by atoms with E-state index in [1.807, 2.05) is 11.3 Å². The molecular formula is C64H58BN3S. The maximum atomic E-state index is 2.67. The molecule has 0 saturated carbocycles. The third kappa shape index (κ3) is 5.93. The van der Waals surface area contributed by atoms with E-state index < -0.39 is 0 Å². The molecule has 0 atom stereocenters. The quantitative estimate of drug-likeness (QED) is 0.163. The topological polar surface area (TPSA) is 11.4 Å². The molecule has 0 saturated heterocycles. The van der Waals surface area contributed by atoms with Gasteiger partial charge in [0.2, 0.25) is 0 Å². The Hall–Kier alpha value is -6.82. The van der Waals surface area contributed by atoms with Crippen LogP contribution in [-0.2, 0) is 16.2 Å². The molecule has 0 amide bonds. The highest BCUT2D eigenvalue weighted by molar-refractivity contribution is 7.26. The monoisotopic (exact) mass is 911 g/mol. The third-order valence-corrected chi connectivity index (χ3v) is 17.1. The van der Waals surface area contributed by atoms with Gasteiger partial charge in [-0.3, -0.25) is 0 Å². The SMILES string of the molecule is Cc1cc2c3c(c1)-n1c4c(c5cccc(c51)B3c1ccc(N(c3ccc(C(C)(C)C)cc3C)c3ccc(C(C)(C)C)cc3C)cc1N2c1cccc2sc3ccccc3c12)C(C)(C)c1ccccc1-4. The number of hydrogen-bond donors (Lipinski definition) is 0. The van der Waals surface area contributed by atoms with Crippen molar-refractivity contribution in [3.05, 3.63) is 191 Å². The standard InChI is InChI=1S/C64H58BN3S/c1-37-32-53-59-54(33-37)68-60-45(58-61(68)43-18-12-14-21-46(43)64(58,10)11)20-16-22-48(60)65(59)47-29-28-42(36-52(47)67(53)51-23-17-25-56-57(51)44-19-13-15-24-55(44)69-56)66(49-30-26-40(34-38(49)2)62(4,5)6)50-31-27-41(35-39(50)3)63(7,8)9/h12-36H,1-11H3. The van der Waals surface area contributed by atoms with Crippen LogP contribution in [0.3, 0.4) is 0 Å². The van der Waals surface area contributed by atoms with Crippen molar-refractivity contribution in [2.45, 2.75) is 92.4 Å². The van der Waals surface area contributed by atoms with E-state index >= 15 is 0 Å². The van der Waals surface area contributed by atoms with E-state index in [-0.39, 0.29) is 23.0 Å². The van der Waals surface area contributed by atoms with Gasteiger partial charge in [-0.2, -0.15) is 0 Å². The maximum Gasteiger partial charge on any atom is 0.252 e. The van der Waals surface area contributed by atoms with Crippen LogP contribution >= 0.6 is 11.3 Å². The lowest BCUT2D eigenvalue weighted by Crippen LogP contribution is -2.60. The summed E-state index contributed by atoms with van der Waals surface area (Å²) in [6.07, 6.45) is 0. The van der Waals surface area contributed by atoms with Crippen molar-refractivity contribution >= 4 is 99.6 Å². The van der Waals surface area contributed by atoms with Crippen LogP contribution in [0.15, 0.2) is 152 Å². The normalized spacial score (nSPS) is 14.4. The molecule has 0 fully saturated rings. The van der Waals surface area contributed by atoms with Crippen LogP contribution in [0.25, 0.3) is 48.0 Å². The Kier molecular flexibility index (Phi) is 8.81. The summed E-state index contributed by atoms with van der Waals surface area (Å²) in [6.45, 7) is 25.6. The van der Waals surface area contributed by atoms with Gasteiger partial charge in [-0.1, -0.05) is 152 Å². The van der Waals surface area contributed by atoms with Crippen molar-refractivity contribution in [3.8, 4) is 16.9 Å². The van der Waals surface area contributed by atoms with Gasteiger partial charge in [0, 0.05) is 76.2 Å². The van der Waals surface area contributed by atoms with Crippen molar-refractivity contribution in [2.24, 2.45) is 0 Å². The van der Waals surface area contributed by atoms with Gasteiger partial charge in [0.05, 0.1) is 11.4 Å². The molecule has 0 bridgehead atoms. The first-order valence-electron chi connectivity index (χ1n) is 24.8. The van der Waals surface area contributed by atoms with Crippen LogP contribution in [-0.4, -0.2) is 11.3 Å². The summed E-state index contributed by atoms with van der Waals surface area (Å²) < 4.78 is 5.28. The van der Waals surface area contributed by atoms with E-state index in [4.69, 9.17) is 0 Å². The Morgan fingerprint density at radius 2 is 1.19 bits per heavy atom. The fraction of sp³-hybridized carbons (Fsp3) is 0.219. The fourth-order valence-electron chi connectivity index (χ4n) is 12.6. The molecule has 0 radical (unpaired) electrons. The molecule has 2 aliphatic heterocycles. The minimum atomic E-state index is -0.148. The molecule has 0 unspecified atom stereocenters. The van der Waals surface area contributed by atoms with Gasteiger partial charge in [0.1, 0.15) is 0 Å². The first-order valence-corrected chi connectivity index (χ1v) is 25.6. The van der Waals surface area contributed by atoms with Crippen molar-refractivity contribution < 1.29 is 0 Å². The summed E-state index contributed by atoms with van der Waals surface area (Å²) in [4.78, 5) is 5.19. The van der Waals surface area contributed by atoms with Crippen LogP contribution in [0, 0.1) is 20.8 Å². The van der Waals surface area contributed by atoms with E-state index in [1.54, 1.807) is 0 Å². The second kappa shape index (κ2) is 14.4. The van der Waals surface area contributed by atoms with E-state index in [9.17, 15) is 0 Å². The van der Waals surface area contributed by atoms with E-state index in [0.717, 1.165) is 5.69 Å². The lowest BCUT2D eigenvalue weighted by atomic mass is 9.33. The van der Waals surface area contributed by atoms with Gasteiger partial charge in [-0.25, -0.2) is 0 Å². The van der Waals surface area contributed by atoms with Gasteiger partial charge < -0.3 is 14.4 Å². The van der Waals surface area contributed by atoms with Crippen LogP contribution in [0.4, 0.5) is 34.1 Å². The molecule has 338 valence electrons. The van der Waals surface area contributed by atoms with Crippen LogP contribution in [0.2, 0.25) is 0 Å². The summed E-state index contributed by atoms with van der Waals surface area (Å²) in [5.74, 6) is 0. The van der Waals surface area contributed by atoms with E-state index in [0.29, 0.717) is 0 Å². The summed E-state index contributed by atoms with van der Waals surface area (Å²) >= 11 is 1.89. The number of fused-ring (bicyclic) bond motifs is 12. The molecule has 3 nitrogen and oxygen atoms in total. The number of para-hydroxylation sites is 1. The zero-order valence-electron chi connectivity index (χ0n) is 41.8. The molecule has 0 N–H and O–H groups in total. The zero-order valence-corrected chi connectivity index (χ0v) is 42.6. The molecule has 4 heterocycles. The molecule has 3 aliphatic rings. The molecule has 69 heavy (non-hydrogen) atoms. The predicted molar refractivity (Wildman–Crippen MR) is 299 cm³/mol. The highest BCUT2D eigenvalue weighted by atomic mass is 32.1. The largest absolute Gasteiger partial charge is 0.311 e. The lowest BCUT2D eigenvalue weighted by Gasteiger charge is -2.41. The highest BCUT2D eigenvalue weighted by Gasteiger charge is 2.47. The minimum Gasteiger partial charge on any atom is -0.311 e. The van der Waals surface area contributed by atoms with E-state index in [1.165, 1.54) is 132 Å². The van der Waals surface area contributed by atoms with Gasteiger partial charge in [-0.15, -0.1) is 11.3 Å². The summed E-state index contributed by atoms with van der Waals surface area (Å²) in [7, 11) is 0. The summed E-state index contributed by atoms with van der Waals surface area (Å²) in [5.41, 5.74) is 25.8. The first-order chi connectivity index (χ1) is 33.0. The average Bonchev–Trinajstić information content (AvgIpc) is 3.95. The lowest BCUT2D eigenvalue weighted by molar-refractivity contribution is 0.590. The fourth-order valence-corrected chi connectivity index (χ4v) is 13.7. The van der Waals surface area contributed by atoms with Gasteiger partial charge in [0.25, 0.3) is 6.71 Å². The number of aryl methyl sites for hydroxylation is 3. The number of benzene rings is 8. The number of anilines is 6. The van der Waals surface area contributed by atoms with Crippen LogP contribution < -0.4 is 26.2 Å². The molecule has 8 aromatic carbocycles. The van der Waals surface area contributed by atoms with Crippen molar-refractivity contribution in [1.82, 2.24) is 4.57 Å². The summed E-state index contributed by atoms with van der Waals surface area (Å²) in [6, 6.07) is 58.8. The zero-order chi connectivity index (χ0) is 47.6. The van der Waals surface area contributed by atoms with Crippen molar-refractivity contribution in [2.75, 3.05) is 9.80 Å². The minimum absolute atomic E-state index is 0.0213. The Morgan fingerprint density at radius 1 is 0.551 bits per heavy atom. The van der Waals surface area contributed by atoms with Gasteiger partial charge in [-0.05, 0) is 142 Å². The Bertz CT molecular complexity index is 3790. The third-order valence-electron chi connectivity index (χ3n) is 15.9. The van der Waals surface area contributed by atoms with Gasteiger partial charge >= 0.3 is 0 Å². The maximum absolute atomic E-state index is 2.67. The number of nitrogens with zero attached hydrogens (tertiary/aromatic N) is 3. The molecular weight excluding hydrogens is 854 g/mol. The number of thiophene rings is 1. The molecule has 5 heteroatoms. The smallest absolute Gasteiger partial charge is 0.252 e. The molecule has 1 aliphatic carbocycles. The summed E-state index contributed by atoms with van der Waals surface area (Å²) in [5, 5.41) is 3.97. The number of hydrogen-bond acceptors (Lipinski definition) is 3. The van der Waals surface area contributed by atoms with Crippen LogP contribution in [0.1, 0.15) is 94.3 Å². The average molecular weight is 912 g/mol. The second-order valence-electron chi connectivity index (χ2n) is 22.8. The van der Waals surface area contributed by atoms with Gasteiger partial charge in [0.15, 0.2) is 0 Å². The Morgan fingerprint density at radius 3 is 1.90 bits per heavy atom. The molecule has 13 rings (SSSR count). The predicted octanol–water partition coefficient (Wildman–Crippen LogP) is 15.9. The number of aromatic nitrogens is 1. The highest BCUT2D eigenvalue weighted by Crippen LogP contribution is 2.55. The molecule has 10 aromatic rings. The number of rotatable bonds is 4. The van der Waals surface area contributed by atoms with E-state index in [2.05, 4.69) is 242 Å². The first kappa shape index (κ1) is 42.3. The Labute approximate surface area is 411 Å². The molecule has 0 spiro atoms. The second-order valence-corrected chi connectivity index (χ2v) is 23.9. The van der Waals surface area contributed by atoms with Crippen molar-refractivity contribution in [3.63, 3.8) is 0 Å². The Balaban J connectivity index is 1.14. The molecule has 2 aromatic heterocycles. The van der Waals surface area contributed by atoms with Crippen molar-refractivity contribution in [1.29, 1.82) is 0 Å².